The minimum absolute atomic E-state index is 0.254. The van der Waals surface area contributed by atoms with Gasteiger partial charge in [0.2, 0.25) is 0 Å². The Bertz CT molecular complexity index is 649. The maximum atomic E-state index is 12.2. The zero-order chi connectivity index (χ0) is 15.8. The minimum Gasteiger partial charge on any atom is -0.351 e. The first-order chi connectivity index (χ1) is 10.7. The molecule has 0 aliphatic heterocycles. The fraction of sp³-hybridized carbons (Fsp3) is 0.176. The van der Waals surface area contributed by atoms with Gasteiger partial charge in [-0.2, -0.15) is 0 Å². The monoisotopic (exact) mass is 314 g/mol. The number of hydrogen-bond donors (Lipinski definition) is 2. The Morgan fingerprint density at radius 3 is 2.55 bits per heavy atom. The third-order valence-corrected chi connectivity index (χ3v) is 3.71. The van der Waals surface area contributed by atoms with Crippen molar-refractivity contribution in [1.82, 2.24) is 10.6 Å². The lowest BCUT2D eigenvalue weighted by molar-refractivity contribution is -0.117. The second kappa shape index (κ2) is 8.14. The fourth-order valence-electron chi connectivity index (χ4n) is 1.79. The van der Waals surface area contributed by atoms with Crippen molar-refractivity contribution in [3.8, 4) is 0 Å². The van der Waals surface area contributed by atoms with Crippen LogP contribution in [0.3, 0.4) is 0 Å². The summed E-state index contributed by atoms with van der Waals surface area (Å²) in [6.45, 7) is 2.55. The van der Waals surface area contributed by atoms with Crippen LogP contribution in [0.2, 0.25) is 0 Å². The SMILES string of the molecule is CCCNC(=O)/C(=C/c1cccs1)NC(=O)c1ccccc1. The van der Waals surface area contributed by atoms with E-state index in [9.17, 15) is 9.59 Å². The van der Waals surface area contributed by atoms with E-state index in [1.54, 1.807) is 30.3 Å². The first kappa shape index (κ1) is 16.0. The predicted molar refractivity (Wildman–Crippen MR) is 89.5 cm³/mol. The van der Waals surface area contributed by atoms with Gasteiger partial charge >= 0.3 is 0 Å². The maximum absolute atomic E-state index is 12.2. The van der Waals surface area contributed by atoms with E-state index in [-0.39, 0.29) is 17.5 Å². The van der Waals surface area contributed by atoms with Gasteiger partial charge in [0.05, 0.1) is 0 Å². The maximum Gasteiger partial charge on any atom is 0.267 e. The van der Waals surface area contributed by atoms with Crippen molar-refractivity contribution in [2.75, 3.05) is 6.54 Å². The minimum atomic E-state index is -0.296. The van der Waals surface area contributed by atoms with Crippen LogP contribution in [0.1, 0.15) is 28.6 Å². The van der Waals surface area contributed by atoms with Crippen LogP contribution >= 0.6 is 11.3 Å². The van der Waals surface area contributed by atoms with Crippen molar-refractivity contribution in [3.05, 3.63) is 64.0 Å². The van der Waals surface area contributed by atoms with E-state index in [2.05, 4.69) is 10.6 Å². The predicted octanol–water partition coefficient (Wildman–Crippen LogP) is 3.05. The molecule has 0 aliphatic carbocycles. The molecular weight excluding hydrogens is 296 g/mol. The lowest BCUT2D eigenvalue weighted by Gasteiger charge is -2.10. The van der Waals surface area contributed by atoms with Crippen molar-refractivity contribution in [2.45, 2.75) is 13.3 Å². The smallest absolute Gasteiger partial charge is 0.267 e. The average Bonchev–Trinajstić information content (AvgIpc) is 3.05. The number of rotatable bonds is 6. The van der Waals surface area contributed by atoms with Crippen LogP contribution in [0.25, 0.3) is 6.08 Å². The molecule has 0 bridgehead atoms. The van der Waals surface area contributed by atoms with Gasteiger partial charge in [-0.1, -0.05) is 31.2 Å². The van der Waals surface area contributed by atoms with Gasteiger partial charge in [0, 0.05) is 17.0 Å². The molecule has 1 aromatic heterocycles. The summed E-state index contributed by atoms with van der Waals surface area (Å²) >= 11 is 1.51. The number of carbonyl (C=O) groups is 2. The number of thiophene rings is 1. The second-order valence-electron chi connectivity index (χ2n) is 4.65. The number of amides is 2. The highest BCUT2D eigenvalue weighted by Gasteiger charge is 2.14. The topological polar surface area (TPSA) is 58.2 Å². The Hall–Kier alpha value is -2.40. The Kier molecular flexibility index (Phi) is 5.91. The second-order valence-corrected chi connectivity index (χ2v) is 5.63. The zero-order valence-corrected chi connectivity index (χ0v) is 13.2. The molecule has 2 N–H and O–H groups in total. The quantitative estimate of drug-likeness (QED) is 0.805. The molecule has 0 atom stereocenters. The summed E-state index contributed by atoms with van der Waals surface area (Å²) in [6, 6.07) is 12.6. The van der Waals surface area contributed by atoms with Crippen LogP contribution in [0.4, 0.5) is 0 Å². The highest BCUT2D eigenvalue weighted by atomic mass is 32.1. The third-order valence-electron chi connectivity index (χ3n) is 2.89. The first-order valence-electron chi connectivity index (χ1n) is 7.10. The van der Waals surface area contributed by atoms with Crippen LogP contribution in [0.15, 0.2) is 53.5 Å². The number of benzene rings is 1. The summed E-state index contributed by atoms with van der Waals surface area (Å²) in [4.78, 5) is 25.4. The molecule has 0 unspecified atom stereocenters. The number of hydrogen-bond acceptors (Lipinski definition) is 3. The lowest BCUT2D eigenvalue weighted by atomic mass is 10.2. The summed E-state index contributed by atoms with van der Waals surface area (Å²) in [5, 5.41) is 7.40. The van der Waals surface area contributed by atoms with E-state index < -0.39 is 0 Å². The summed E-state index contributed by atoms with van der Waals surface area (Å²) in [7, 11) is 0. The summed E-state index contributed by atoms with van der Waals surface area (Å²) < 4.78 is 0. The van der Waals surface area contributed by atoms with Gasteiger partial charge < -0.3 is 10.6 Å². The third kappa shape index (κ3) is 4.56. The van der Waals surface area contributed by atoms with E-state index in [1.807, 2.05) is 30.5 Å². The molecule has 2 aromatic rings. The van der Waals surface area contributed by atoms with E-state index >= 15 is 0 Å². The molecule has 114 valence electrons. The Balaban J connectivity index is 2.17. The molecule has 1 heterocycles. The van der Waals surface area contributed by atoms with E-state index in [0.717, 1.165) is 11.3 Å². The normalized spacial score (nSPS) is 11.0. The highest BCUT2D eigenvalue weighted by Crippen LogP contribution is 2.13. The molecule has 1 aromatic carbocycles. The van der Waals surface area contributed by atoms with E-state index in [4.69, 9.17) is 0 Å². The van der Waals surface area contributed by atoms with Gasteiger partial charge in [-0.05, 0) is 36.1 Å². The van der Waals surface area contributed by atoms with Gasteiger partial charge in [-0.15, -0.1) is 11.3 Å². The molecular formula is C17H18N2O2S. The highest BCUT2D eigenvalue weighted by molar-refractivity contribution is 7.10. The van der Waals surface area contributed by atoms with Crippen molar-refractivity contribution in [2.24, 2.45) is 0 Å². The van der Waals surface area contributed by atoms with Crippen LogP contribution in [0, 0.1) is 0 Å². The van der Waals surface area contributed by atoms with Crippen LogP contribution in [-0.2, 0) is 4.79 Å². The molecule has 0 saturated heterocycles. The Labute approximate surface area is 133 Å². The summed E-state index contributed by atoms with van der Waals surface area (Å²) in [5.41, 5.74) is 0.771. The standard InChI is InChI=1S/C17H18N2O2S/c1-2-10-18-17(21)15(12-14-9-6-11-22-14)19-16(20)13-7-4-3-5-8-13/h3-9,11-12H,2,10H2,1H3,(H,18,21)(H,19,20)/b15-12-. The molecule has 5 heteroatoms. The zero-order valence-electron chi connectivity index (χ0n) is 12.3. The Morgan fingerprint density at radius 2 is 1.91 bits per heavy atom. The summed E-state index contributed by atoms with van der Waals surface area (Å²) in [6.07, 6.45) is 2.53. The van der Waals surface area contributed by atoms with E-state index in [0.29, 0.717) is 12.1 Å². The Morgan fingerprint density at radius 1 is 1.14 bits per heavy atom. The van der Waals surface area contributed by atoms with Gasteiger partial charge in [-0.25, -0.2) is 0 Å². The van der Waals surface area contributed by atoms with Gasteiger partial charge in [-0.3, -0.25) is 9.59 Å². The fourth-order valence-corrected chi connectivity index (χ4v) is 2.45. The lowest BCUT2D eigenvalue weighted by Crippen LogP contribution is -2.35. The van der Waals surface area contributed by atoms with Crippen molar-refractivity contribution in [1.29, 1.82) is 0 Å². The van der Waals surface area contributed by atoms with Gasteiger partial charge in [0.1, 0.15) is 5.70 Å². The molecule has 2 amide bonds. The van der Waals surface area contributed by atoms with E-state index in [1.165, 1.54) is 11.3 Å². The summed E-state index contributed by atoms with van der Waals surface area (Å²) in [5.74, 6) is -0.574. The van der Waals surface area contributed by atoms with Crippen molar-refractivity contribution >= 4 is 29.2 Å². The van der Waals surface area contributed by atoms with Gasteiger partial charge in [0.25, 0.3) is 11.8 Å². The van der Waals surface area contributed by atoms with Crippen LogP contribution < -0.4 is 10.6 Å². The molecule has 22 heavy (non-hydrogen) atoms. The first-order valence-corrected chi connectivity index (χ1v) is 7.98. The molecule has 0 saturated carbocycles. The number of carbonyl (C=O) groups excluding carboxylic acids is 2. The molecule has 2 rings (SSSR count). The van der Waals surface area contributed by atoms with Crippen LogP contribution in [-0.4, -0.2) is 18.4 Å². The molecule has 0 aliphatic rings. The molecule has 0 fully saturated rings. The van der Waals surface area contributed by atoms with Crippen molar-refractivity contribution in [3.63, 3.8) is 0 Å². The molecule has 0 spiro atoms. The average molecular weight is 314 g/mol. The van der Waals surface area contributed by atoms with Crippen molar-refractivity contribution < 1.29 is 9.59 Å². The largest absolute Gasteiger partial charge is 0.351 e. The molecule has 0 radical (unpaired) electrons. The van der Waals surface area contributed by atoms with Gasteiger partial charge in [0.15, 0.2) is 0 Å². The van der Waals surface area contributed by atoms with Crippen LogP contribution in [0.5, 0.6) is 0 Å². The molecule has 4 nitrogen and oxygen atoms in total. The number of nitrogens with one attached hydrogen (secondary N) is 2.